The summed E-state index contributed by atoms with van der Waals surface area (Å²) in [5.41, 5.74) is 20.3. The zero-order valence-corrected chi connectivity index (χ0v) is 42.0. The van der Waals surface area contributed by atoms with Crippen LogP contribution in [0, 0.1) is 0 Å². The van der Waals surface area contributed by atoms with Gasteiger partial charge in [-0.2, -0.15) is 0 Å². The summed E-state index contributed by atoms with van der Waals surface area (Å²) >= 11 is 15.7. The molecule has 0 bridgehead atoms. The third-order valence-corrected chi connectivity index (χ3v) is 10.7. The first-order chi connectivity index (χ1) is 33.7. The number of hydrogen-bond donors (Lipinski definition) is 5. The maximum Gasteiger partial charge on any atom is 0.255 e. The molecule has 7 N–H and O–H groups in total. The molecule has 0 aromatic heterocycles. The molecule has 7 aromatic rings. The van der Waals surface area contributed by atoms with Gasteiger partial charge in [-0.3, -0.25) is 28.8 Å². The summed E-state index contributed by atoms with van der Waals surface area (Å²) < 4.78 is 0. The van der Waals surface area contributed by atoms with Crippen molar-refractivity contribution in [2.75, 3.05) is 84.4 Å². The van der Waals surface area contributed by atoms with E-state index >= 15 is 0 Å². The number of para-hydroxylation sites is 2. The Kier molecular flexibility index (Phi) is 21.2. The highest BCUT2D eigenvalue weighted by atomic mass is 35.5. The second-order valence-electron chi connectivity index (χ2n) is 15.9. The molecule has 0 spiro atoms. The van der Waals surface area contributed by atoms with Crippen LogP contribution in [0.1, 0.15) is 62.1 Å². The summed E-state index contributed by atoms with van der Waals surface area (Å²) in [5, 5.41) is 6.76. The van der Waals surface area contributed by atoms with Crippen LogP contribution in [0.2, 0.25) is 0 Å². The minimum Gasteiger partial charge on any atom is -0.399 e. The number of halogens is 3. The molecule has 0 saturated heterocycles. The maximum atomic E-state index is 12.4. The number of nitrogens with one attached hydrogen (secondary N) is 3. The Morgan fingerprint density at radius 2 is 0.620 bits per heavy atom. The molecule has 17 heteroatoms. The van der Waals surface area contributed by atoms with Crippen molar-refractivity contribution in [3.05, 3.63) is 203 Å². The van der Waals surface area contributed by atoms with Gasteiger partial charge in [-0.25, -0.2) is 0 Å². The van der Waals surface area contributed by atoms with Crippen molar-refractivity contribution >= 4 is 114 Å². The lowest BCUT2D eigenvalue weighted by Crippen LogP contribution is -2.15. The van der Waals surface area contributed by atoms with Crippen LogP contribution in [0.4, 0.5) is 45.5 Å². The van der Waals surface area contributed by atoms with Gasteiger partial charge in [-0.15, -0.1) is 0 Å². The van der Waals surface area contributed by atoms with Gasteiger partial charge in [0, 0.05) is 110 Å². The third-order valence-electron chi connectivity index (χ3n) is 10.0. The standard InChI is InChI=1S/C22H22N4O2.C16H15ClN2O2.C8H4Cl2O2.C8H12N2/c1-26(2)18-13-11-17(12-14-18)24-21(27)15-7-9-16(10-8-15)22(28)25-20-6-4-3-5-19(20)23;1-19(2)14-9-7-13(8-10-14)18-16(21)12-5-3-11(4-6-12)15(17)20;9-7(11)5-1-2-6(4-3-5)8(10)12;1-10(2)8-5-3-7(9)4-6-8/h3-14H,23H2,1-2H3,(H,24,27)(H,25,28);3-10H,1-2H3,(H,18,21);1-4H;3-6H,9H2,1-2H3. The molecule has 0 saturated carbocycles. The first kappa shape index (κ1) is 55.4. The maximum absolute atomic E-state index is 12.4. The molecule has 0 aliphatic heterocycles. The molecule has 0 aliphatic rings. The Hall–Kier alpha value is -8.17. The van der Waals surface area contributed by atoms with E-state index < -0.39 is 15.7 Å². The van der Waals surface area contributed by atoms with Gasteiger partial charge in [0.25, 0.3) is 33.4 Å². The number of nitrogens with zero attached hydrogens (tertiary/aromatic N) is 3. The number of hydrogen-bond acceptors (Lipinski definition) is 11. The van der Waals surface area contributed by atoms with Gasteiger partial charge in [0.2, 0.25) is 0 Å². The van der Waals surface area contributed by atoms with Gasteiger partial charge in [-0.05, 0) is 193 Å². The van der Waals surface area contributed by atoms with Crippen molar-refractivity contribution in [2.45, 2.75) is 0 Å². The lowest BCUT2D eigenvalue weighted by molar-refractivity contribution is 0.101. The lowest BCUT2D eigenvalue weighted by Gasteiger charge is -2.13. The molecule has 14 nitrogen and oxygen atoms in total. The molecule has 0 aliphatic carbocycles. The van der Waals surface area contributed by atoms with E-state index in [2.05, 4.69) is 16.0 Å². The Morgan fingerprint density at radius 1 is 0.352 bits per heavy atom. The average Bonchev–Trinajstić information content (AvgIpc) is 3.35. The van der Waals surface area contributed by atoms with E-state index in [0.29, 0.717) is 56.1 Å². The van der Waals surface area contributed by atoms with E-state index in [4.69, 9.17) is 46.3 Å². The molecule has 7 aromatic carbocycles. The highest BCUT2D eigenvalue weighted by Gasteiger charge is 2.12. The fraction of sp³-hybridized carbons (Fsp3) is 0.111. The first-order valence-electron chi connectivity index (χ1n) is 21.5. The molecular weight excluding hydrogens is 963 g/mol. The molecule has 71 heavy (non-hydrogen) atoms. The minimum atomic E-state index is -0.552. The number of carbonyl (C=O) groups is 6. The van der Waals surface area contributed by atoms with E-state index in [1.165, 1.54) is 42.1 Å². The van der Waals surface area contributed by atoms with Crippen LogP contribution in [0.3, 0.4) is 0 Å². The van der Waals surface area contributed by atoms with Crippen molar-refractivity contribution in [3.8, 4) is 0 Å². The molecular formula is C54H53Cl3N8O6. The average molecular weight is 1020 g/mol. The molecule has 0 heterocycles. The highest BCUT2D eigenvalue weighted by Crippen LogP contribution is 2.21. The molecule has 0 unspecified atom stereocenters. The van der Waals surface area contributed by atoms with Crippen LogP contribution >= 0.6 is 34.8 Å². The van der Waals surface area contributed by atoms with Crippen molar-refractivity contribution in [1.29, 1.82) is 0 Å². The summed E-state index contributed by atoms with van der Waals surface area (Å²) in [7, 11) is 11.8. The van der Waals surface area contributed by atoms with Gasteiger partial charge in [0.15, 0.2) is 0 Å². The van der Waals surface area contributed by atoms with E-state index in [0.717, 1.165) is 17.1 Å². The largest absolute Gasteiger partial charge is 0.399 e. The lowest BCUT2D eigenvalue weighted by atomic mass is 10.1. The van der Waals surface area contributed by atoms with E-state index in [1.807, 2.05) is 130 Å². The molecule has 7 rings (SSSR count). The van der Waals surface area contributed by atoms with Crippen LogP contribution in [0.15, 0.2) is 170 Å². The van der Waals surface area contributed by atoms with Crippen LogP contribution in [0.5, 0.6) is 0 Å². The molecule has 366 valence electrons. The van der Waals surface area contributed by atoms with Gasteiger partial charge in [-0.1, -0.05) is 12.1 Å². The molecule has 0 fully saturated rings. The van der Waals surface area contributed by atoms with Crippen molar-refractivity contribution < 1.29 is 28.8 Å². The van der Waals surface area contributed by atoms with Crippen molar-refractivity contribution in [1.82, 2.24) is 0 Å². The third kappa shape index (κ3) is 18.0. The topological polar surface area (TPSA) is 200 Å². The zero-order chi connectivity index (χ0) is 52.2. The first-order valence-corrected chi connectivity index (χ1v) is 22.6. The molecule has 0 radical (unpaired) electrons. The highest BCUT2D eigenvalue weighted by molar-refractivity contribution is 6.68. The number of rotatable bonds is 12. The van der Waals surface area contributed by atoms with Gasteiger partial charge in [0.1, 0.15) is 0 Å². The van der Waals surface area contributed by atoms with Crippen LogP contribution in [0.25, 0.3) is 0 Å². The quantitative estimate of drug-likeness (QED) is 0.0576. The zero-order valence-electron chi connectivity index (χ0n) is 39.7. The summed E-state index contributed by atoms with van der Waals surface area (Å²) in [6.07, 6.45) is 0. The smallest absolute Gasteiger partial charge is 0.255 e. The van der Waals surface area contributed by atoms with Crippen LogP contribution in [-0.4, -0.2) is 75.7 Å². The van der Waals surface area contributed by atoms with Gasteiger partial charge >= 0.3 is 0 Å². The predicted molar refractivity (Wildman–Crippen MR) is 291 cm³/mol. The summed E-state index contributed by atoms with van der Waals surface area (Å²) in [6.45, 7) is 0. The Bertz CT molecular complexity index is 2860. The Labute approximate surface area is 428 Å². The Morgan fingerprint density at radius 3 is 0.901 bits per heavy atom. The van der Waals surface area contributed by atoms with Gasteiger partial charge < -0.3 is 42.1 Å². The predicted octanol–water partition coefficient (Wildman–Crippen LogP) is 11.0. The number of nitrogen functional groups attached to an aromatic ring is 2. The molecule has 3 amide bonds. The molecule has 0 atom stereocenters. The monoisotopic (exact) mass is 1010 g/mol. The second-order valence-corrected chi connectivity index (χ2v) is 16.9. The number of amides is 3. The summed E-state index contributed by atoms with van der Waals surface area (Å²) in [5.74, 6) is -0.762. The fourth-order valence-corrected chi connectivity index (χ4v) is 6.31. The van der Waals surface area contributed by atoms with E-state index in [9.17, 15) is 28.8 Å². The van der Waals surface area contributed by atoms with Crippen molar-refractivity contribution in [3.63, 3.8) is 0 Å². The Balaban J connectivity index is 0.000000223. The van der Waals surface area contributed by atoms with E-state index in [1.54, 1.807) is 60.7 Å². The van der Waals surface area contributed by atoms with E-state index in [-0.39, 0.29) is 17.7 Å². The second kappa shape index (κ2) is 27.1. The number of anilines is 8. The van der Waals surface area contributed by atoms with Crippen LogP contribution in [-0.2, 0) is 0 Å². The minimum absolute atomic E-state index is 0.235. The van der Waals surface area contributed by atoms with Crippen LogP contribution < -0.4 is 42.1 Å². The number of benzene rings is 7. The van der Waals surface area contributed by atoms with Crippen molar-refractivity contribution in [2.24, 2.45) is 0 Å². The summed E-state index contributed by atoms with van der Waals surface area (Å²) in [4.78, 5) is 75.0. The number of carbonyl (C=O) groups excluding carboxylic acids is 6. The van der Waals surface area contributed by atoms with Gasteiger partial charge in [0.05, 0.1) is 11.4 Å². The SMILES string of the molecule is CN(C)c1ccc(N)cc1.CN(C)c1ccc(NC(=O)c2ccc(C(=O)Cl)cc2)cc1.CN(C)c1ccc(NC(=O)c2ccc(C(=O)Nc3ccccc3N)cc2)cc1.O=C(Cl)c1ccc(C(=O)Cl)cc1. The number of nitrogens with two attached hydrogens (primary N) is 2. The summed E-state index contributed by atoms with van der Waals surface area (Å²) in [6, 6.07) is 48.3. The normalized spacial score (nSPS) is 9.93. The fourth-order valence-electron chi connectivity index (χ4n) is 5.93.